The number of ether oxygens (including phenoxy) is 3. The van der Waals surface area contributed by atoms with Gasteiger partial charge in [0, 0.05) is 0 Å². The van der Waals surface area contributed by atoms with Crippen molar-refractivity contribution in [1.29, 1.82) is 0 Å². The average Bonchev–Trinajstić information content (AvgIpc) is 2.88. The van der Waals surface area contributed by atoms with Crippen LogP contribution in [0.15, 0.2) is 24.0 Å². The quantitative estimate of drug-likeness (QED) is 0.896. The monoisotopic (exact) mass is 268 g/mol. The zero-order valence-corrected chi connectivity index (χ0v) is 10.4. The van der Waals surface area contributed by atoms with Crippen LogP contribution in [-0.2, 0) is 4.74 Å². The van der Waals surface area contributed by atoms with Crippen LogP contribution < -0.4 is 9.47 Å². The van der Waals surface area contributed by atoms with E-state index in [4.69, 9.17) is 25.8 Å². The summed E-state index contributed by atoms with van der Waals surface area (Å²) in [5, 5.41) is 10.7. The van der Waals surface area contributed by atoms with Crippen molar-refractivity contribution in [3.63, 3.8) is 0 Å². The molecule has 0 aromatic heterocycles. The van der Waals surface area contributed by atoms with E-state index < -0.39 is 6.10 Å². The van der Waals surface area contributed by atoms with Crippen LogP contribution in [0.4, 0.5) is 0 Å². The fraction of sp³-hybridized carbons (Fsp3) is 0.385. The van der Waals surface area contributed by atoms with E-state index in [-0.39, 0.29) is 6.79 Å². The first-order chi connectivity index (χ1) is 8.75. The number of allylic oxidation sites excluding steroid dienone is 1. The summed E-state index contributed by atoms with van der Waals surface area (Å²) in [6, 6.07) is 3.41. The number of rotatable bonds is 2. The Labute approximate surface area is 110 Å². The van der Waals surface area contributed by atoms with Crippen molar-refractivity contribution in [2.45, 2.75) is 18.9 Å². The van der Waals surface area contributed by atoms with Crippen molar-refractivity contribution in [2.75, 3.05) is 13.4 Å². The molecule has 1 N–H and O–H groups in total. The Morgan fingerprint density at radius 2 is 2.11 bits per heavy atom. The van der Waals surface area contributed by atoms with E-state index in [2.05, 4.69) is 0 Å². The normalized spacial score (nSPS) is 19.1. The molecule has 4 nitrogen and oxygen atoms in total. The molecule has 1 aromatic rings. The molecule has 1 atom stereocenters. The maximum atomic E-state index is 10.3. The van der Waals surface area contributed by atoms with Gasteiger partial charge in [-0.2, -0.15) is 0 Å². The molecule has 1 unspecified atom stereocenters. The lowest BCUT2D eigenvalue weighted by Gasteiger charge is -2.20. The largest absolute Gasteiger partial charge is 0.495 e. The van der Waals surface area contributed by atoms with E-state index in [0.29, 0.717) is 34.5 Å². The van der Waals surface area contributed by atoms with Crippen molar-refractivity contribution in [2.24, 2.45) is 0 Å². The number of hydrogen-bond acceptors (Lipinski definition) is 4. The van der Waals surface area contributed by atoms with Crippen LogP contribution in [0.25, 0.3) is 0 Å². The van der Waals surface area contributed by atoms with Crippen LogP contribution in [0.3, 0.4) is 0 Å². The Kier molecular flexibility index (Phi) is 3.06. The summed E-state index contributed by atoms with van der Waals surface area (Å²) in [6.45, 7) is 0.801. The molecule has 96 valence electrons. The van der Waals surface area contributed by atoms with E-state index in [0.717, 1.165) is 12.8 Å². The first kappa shape index (κ1) is 11.7. The van der Waals surface area contributed by atoms with Gasteiger partial charge in [-0.05, 0) is 36.6 Å². The molecule has 0 spiro atoms. The van der Waals surface area contributed by atoms with Crippen molar-refractivity contribution >= 4 is 11.6 Å². The summed E-state index contributed by atoms with van der Waals surface area (Å²) in [7, 11) is 0. The molecule has 3 rings (SSSR count). The smallest absolute Gasteiger partial charge is 0.231 e. The minimum atomic E-state index is -0.808. The maximum absolute atomic E-state index is 10.3. The van der Waals surface area contributed by atoms with Crippen LogP contribution in [0, 0.1) is 0 Å². The predicted octanol–water partition coefficient (Wildman–Crippen LogP) is 2.80. The highest BCUT2D eigenvalue weighted by Gasteiger charge is 2.23. The molecule has 0 saturated heterocycles. The van der Waals surface area contributed by atoms with Gasteiger partial charge in [-0.3, -0.25) is 0 Å². The van der Waals surface area contributed by atoms with Gasteiger partial charge in [0.2, 0.25) is 6.79 Å². The maximum Gasteiger partial charge on any atom is 0.231 e. The lowest BCUT2D eigenvalue weighted by Crippen LogP contribution is -2.09. The Hall–Kier alpha value is -1.39. The lowest BCUT2D eigenvalue weighted by atomic mass is 10.0. The molecule has 0 bridgehead atoms. The first-order valence-corrected chi connectivity index (χ1v) is 6.23. The molecule has 0 radical (unpaired) electrons. The van der Waals surface area contributed by atoms with Gasteiger partial charge >= 0.3 is 0 Å². The van der Waals surface area contributed by atoms with Crippen molar-refractivity contribution in [1.82, 2.24) is 0 Å². The van der Waals surface area contributed by atoms with Gasteiger partial charge in [-0.1, -0.05) is 11.6 Å². The second kappa shape index (κ2) is 4.71. The summed E-state index contributed by atoms with van der Waals surface area (Å²) in [5.74, 6) is 1.68. The zero-order chi connectivity index (χ0) is 12.5. The number of halogens is 1. The number of benzene rings is 1. The number of hydrogen-bond donors (Lipinski definition) is 1. The Morgan fingerprint density at radius 1 is 1.22 bits per heavy atom. The zero-order valence-electron chi connectivity index (χ0n) is 9.69. The van der Waals surface area contributed by atoms with Gasteiger partial charge < -0.3 is 19.3 Å². The molecular weight excluding hydrogens is 256 g/mol. The van der Waals surface area contributed by atoms with Crippen LogP contribution in [-0.4, -0.2) is 18.5 Å². The highest BCUT2D eigenvalue weighted by molar-refractivity contribution is 6.32. The van der Waals surface area contributed by atoms with Crippen LogP contribution in [0.5, 0.6) is 11.5 Å². The van der Waals surface area contributed by atoms with Gasteiger partial charge in [-0.25, -0.2) is 0 Å². The van der Waals surface area contributed by atoms with Crippen LogP contribution >= 0.6 is 11.6 Å². The van der Waals surface area contributed by atoms with Crippen molar-refractivity contribution < 1.29 is 19.3 Å². The molecule has 2 aliphatic heterocycles. The third kappa shape index (κ3) is 2.02. The second-order valence-corrected chi connectivity index (χ2v) is 4.64. The van der Waals surface area contributed by atoms with E-state index in [1.807, 2.05) is 6.08 Å². The fourth-order valence-corrected chi connectivity index (χ4v) is 2.35. The Balaban J connectivity index is 1.92. The first-order valence-electron chi connectivity index (χ1n) is 5.85. The molecule has 1 aromatic carbocycles. The average molecular weight is 269 g/mol. The number of aliphatic hydroxyl groups excluding tert-OH is 1. The molecule has 2 heterocycles. The Bertz CT molecular complexity index is 498. The molecule has 5 heteroatoms. The fourth-order valence-electron chi connectivity index (χ4n) is 2.08. The molecule has 0 fully saturated rings. The number of fused-ring (bicyclic) bond motifs is 1. The topological polar surface area (TPSA) is 47.9 Å². The minimum Gasteiger partial charge on any atom is -0.495 e. The van der Waals surface area contributed by atoms with Gasteiger partial charge in [0.1, 0.15) is 11.9 Å². The van der Waals surface area contributed by atoms with E-state index >= 15 is 0 Å². The summed E-state index contributed by atoms with van der Waals surface area (Å²) >= 11 is 6.08. The second-order valence-electron chi connectivity index (χ2n) is 4.24. The predicted molar refractivity (Wildman–Crippen MR) is 65.8 cm³/mol. The highest BCUT2D eigenvalue weighted by atomic mass is 35.5. The number of aliphatic hydroxyl groups is 1. The van der Waals surface area contributed by atoms with Gasteiger partial charge in [-0.15, -0.1) is 0 Å². The van der Waals surface area contributed by atoms with E-state index in [1.54, 1.807) is 12.1 Å². The lowest BCUT2D eigenvalue weighted by molar-refractivity contribution is 0.0916. The summed E-state index contributed by atoms with van der Waals surface area (Å²) in [6.07, 6.45) is 3.01. The SMILES string of the molecule is OC(C1=CCCCO1)c1cc(Cl)c2c(c1)OCO2. The molecule has 18 heavy (non-hydrogen) atoms. The summed E-state index contributed by atoms with van der Waals surface area (Å²) < 4.78 is 16.0. The van der Waals surface area contributed by atoms with E-state index in [9.17, 15) is 5.11 Å². The third-order valence-corrected chi connectivity index (χ3v) is 3.28. The molecule has 0 amide bonds. The molecular formula is C13H13ClO4. The standard InChI is InChI=1S/C13H13ClO4/c14-9-5-8(6-11-13(9)18-7-17-11)12(15)10-3-1-2-4-16-10/h3,5-6,12,15H,1-2,4,7H2. The van der Waals surface area contributed by atoms with Gasteiger partial charge in [0.25, 0.3) is 0 Å². The van der Waals surface area contributed by atoms with Crippen molar-refractivity contribution in [3.8, 4) is 11.5 Å². The molecule has 0 saturated carbocycles. The minimum absolute atomic E-state index is 0.161. The summed E-state index contributed by atoms with van der Waals surface area (Å²) in [5.41, 5.74) is 0.650. The highest BCUT2D eigenvalue weighted by Crippen LogP contribution is 2.42. The molecule has 0 aliphatic carbocycles. The van der Waals surface area contributed by atoms with Gasteiger partial charge in [0.05, 0.1) is 11.6 Å². The third-order valence-electron chi connectivity index (χ3n) is 3.00. The van der Waals surface area contributed by atoms with Gasteiger partial charge in [0.15, 0.2) is 11.5 Å². The molecule has 2 aliphatic rings. The van der Waals surface area contributed by atoms with Crippen LogP contribution in [0.1, 0.15) is 24.5 Å². The Morgan fingerprint density at radius 3 is 2.89 bits per heavy atom. The van der Waals surface area contributed by atoms with Crippen molar-refractivity contribution in [3.05, 3.63) is 34.6 Å². The van der Waals surface area contributed by atoms with Crippen LogP contribution in [0.2, 0.25) is 5.02 Å². The summed E-state index contributed by atoms with van der Waals surface area (Å²) in [4.78, 5) is 0. The van der Waals surface area contributed by atoms with E-state index in [1.165, 1.54) is 0 Å².